The van der Waals surface area contributed by atoms with E-state index in [1.165, 1.54) is 5.06 Å². The van der Waals surface area contributed by atoms with Gasteiger partial charge in [0, 0.05) is 59.0 Å². The molecule has 2 fully saturated rings. The maximum atomic E-state index is 14.6. The van der Waals surface area contributed by atoms with Crippen LogP contribution in [-0.4, -0.2) is 146 Å². The van der Waals surface area contributed by atoms with E-state index in [4.69, 9.17) is 20.0 Å². The third kappa shape index (κ3) is 16.1. The van der Waals surface area contributed by atoms with Crippen molar-refractivity contribution in [3.63, 3.8) is 0 Å². The summed E-state index contributed by atoms with van der Waals surface area (Å²) < 4.78 is 12.2. The van der Waals surface area contributed by atoms with Crippen LogP contribution in [0, 0.1) is 35.5 Å². The summed E-state index contributed by atoms with van der Waals surface area (Å²) in [6.45, 7) is 17.0. The van der Waals surface area contributed by atoms with Gasteiger partial charge in [-0.3, -0.25) is 33.7 Å². The molecule has 3 rings (SSSR count). The number of nitrogens with two attached hydrogens (primary N) is 1. The molecule has 0 bridgehead atoms. The Kier molecular flexibility index (Phi) is 24.1. The lowest BCUT2D eigenvalue weighted by Crippen LogP contribution is -2.54. The van der Waals surface area contributed by atoms with Gasteiger partial charge in [0.15, 0.2) is 5.78 Å². The van der Waals surface area contributed by atoms with Crippen LogP contribution in [0.25, 0.3) is 0 Å². The number of carbonyl (C=O) groups excluding carboxylic acids is 5. The largest absolute Gasteiger partial charge is 0.508 e. The van der Waals surface area contributed by atoms with Crippen LogP contribution in [-0.2, 0) is 44.7 Å². The second kappa shape index (κ2) is 28.0. The van der Waals surface area contributed by atoms with Crippen LogP contribution in [0.4, 0.5) is 0 Å². The lowest BCUT2D eigenvalue weighted by molar-refractivity contribution is -0.201. The van der Waals surface area contributed by atoms with Crippen molar-refractivity contribution in [1.82, 2.24) is 19.8 Å². The minimum absolute atomic E-state index is 0.0220. The van der Waals surface area contributed by atoms with Gasteiger partial charge in [-0.15, -0.1) is 0 Å². The summed E-state index contributed by atoms with van der Waals surface area (Å²) in [5.41, 5.74) is 6.50. The van der Waals surface area contributed by atoms with Crippen molar-refractivity contribution in [3.05, 3.63) is 29.8 Å². The predicted octanol–water partition coefficient (Wildman–Crippen LogP) is 6.69. The highest BCUT2D eigenvalue weighted by Gasteiger charge is 2.44. The Bertz CT molecular complexity index is 1620. The average Bonchev–Trinajstić information content (AvgIpc) is 3.77. The lowest BCUT2D eigenvalue weighted by Gasteiger charge is -2.41. The van der Waals surface area contributed by atoms with Crippen molar-refractivity contribution in [2.75, 3.05) is 61.1 Å². The average molecular weight is 914 g/mol. The molecule has 2 aliphatic heterocycles. The number of methoxy groups -OCH3 is 2. The Morgan fingerprint density at radius 3 is 2.09 bits per heavy atom. The third-order valence-corrected chi connectivity index (χ3v) is 14.3. The van der Waals surface area contributed by atoms with E-state index in [1.807, 2.05) is 32.7 Å². The van der Waals surface area contributed by atoms with Gasteiger partial charge in [-0.2, -0.15) is 0 Å². The zero-order valence-electron chi connectivity index (χ0n) is 42.0. The number of phenols is 1. The molecular formula is C51H87N5O9. The van der Waals surface area contributed by atoms with E-state index in [1.54, 1.807) is 50.4 Å². The van der Waals surface area contributed by atoms with E-state index in [9.17, 15) is 29.1 Å². The molecule has 0 spiro atoms. The lowest BCUT2D eigenvalue weighted by atomic mass is 9.83. The maximum absolute atomic E-state index is 14.6. The number of phenolic OH excluding ortho intramolecular Hbond substituents is 1. The van der Waals surface area contributed by atoms with Crippen LogP contribution >= 0.6 is 0 Å². The molecule has 370 valence electrons. The van der Waals surface area contributed by atoms with E-state index >= 15 is 0 Å². The number of rotatable bonds is 29. The summed E-state index contributed by atoms with van der Waals surface area (Å²) in [5, 5.41) is 11.2. The fourth-order valence-electron chi connectivity index (χ4n) is 10.2. The molecule has 0 saturated carbocycles. The molecule has 2 aliphatic rings. The molecule has 0 radical (unpaired) electrons. The number of ketones is 2. The molecule has 3 N–H and O–H groups in total. The Hall–Kier alpha value is -3.43. The van der Waals surface area contributed by atoms with Crippen LogP contribution in [0.3, 0.4) is 0 Å². The molecule has 9 atom stereocenters. The molecule has 1 aromatic rings. The van der Waals surface area contributed by atoms with Crippen LogP contribution in [0.1, 0.15) is 131 Å². The van der Waals surface area contributed by atoms with E-state index in [2.05, 4.69) is 32.6 Å². The second-order valence-electron chi connectivity index (χ2n) is 19.7. The van der Waals surface area contributed by atoms with Crippen molar-refractivity contribution in [1.29, 1.82) is 0 Å². The van der Waals surface area contributed by atoms with E-state index in [-0.39, 0.29) is 84.1 Å². The monoisotopic (exact) mass is 914 g/mol. The van der Waals surface area contributed by atoms with E-state index < -0.39 is 36.0 Å². The molecule has 2 saturated heterocycles. The zero-order chi connectivity index (χ0) is 48.4. The first-order chi connectivity index (χ1) is 30.9. The second-order valence-corrected chi connectivity index (χ2v) is 19.7. The normalized spacial score (nSPS) is 19.5. The molecular weight excluding hydrogens is 827 g/mol. The number of hydrogen-bond donors (Lipinski definition) is 2. The number of hydroxylamine groups is 2. The zero-order valence-corrected chi connectivity index (χ0v) is 42.0. The van der Waals surface area contributed by atoms with Gasteiger partial charge < -0.3 is 30.1 Å². The van der Waals surface area contributed by atoms with Gasteiger partial charge in [-0.05, 0) is 101 Å². The number of Topliss-reactive ketones (excluding diaryl/α,β-unsaturated/α-hetero) is 2. The van der Waals surface area contributed by atoms with E-state index in [0.29, 0.717) is 39.1 Å². The van der Waals surface area contributed by atoms with Gasteiger partial charge in [0.1, 0.15) is 11.5 Å². The number of aromatic hydroxyl groups is 1. The number of likely N-dealkylation sites (N-methyl/N-ethyl adjacent to an activating group) is 2. The number of likely N-dealkylation sites (tertiary alicyclic amines) is 1. The number of ether oxygens (including phenoxy) is 2. The Balaban J connectivity index is 1.78. The first kappa shape index (κ1) is 55.9. The molecule has 1 aromatic carbocycles. The van der Waals surface area contributed by atoms with E-state index in [0.717, 1.165) is 63.5 Å². The quantitative estimate of drug-likeness (QED) is 0.0821. The molecule has 1 unspecified atom stereocenters. The first-order valence-electron chi connectivity index (χ1n) is 24.7. The maximum Gasteiger partial charge on any atom is 0.250 e. The summed E-state index contributed by atoms with van der Waals surface area (Å²) in [7, 11) is 6.94. The highest BCUT2D eigenvalue weighted by atomic mass is 16.7. The minimum atomic E-state index is -0.681. The SMILES string of the molecule is CC[C@H](C)[C@@H]([C@@H](CC(=O)N1CCC[C@H]1[C@H](OC)[C@@H](C)C(=O)C[C@@H](Cc1ccc(O)cc1)C(=O)N1CCCCO1)OC)N(C)C(=O)[C@@H](CC(=O)C(C(C)C)N(C)CCCCCCN)C(C)C. The standard InChI is InChI=1S/C51H87N5O9/c1-12-36(6)48(54(9)51(62)41(34(2)3)32-44(59)47(35(4)5)53(8)26-16-14-13-15-25-52)45(63-10)33-46(60)55-27-19-20-42(55)49(64-11)37(7)43(58)31-39(30-38-21-23-40(57)24-22-38)50(61)56-28-17-18-29-65-56/h21-24,34-37,39,41-42,45,47-49,57H,12-20,25-33,52H2,1-11H3/t36-,37-,39+,41-,42-,45+,47?,48-,49+/m0/s1. The van der Waals surface area contributed by atoms with Crippen molar-refractivity contribution in [3.8, 4) is 5.75 Å². The summed E-state index contributed by atoms with van der Waals surface area (Å²) in [4.78, 5) is 82.7. The topological polar surface area (TPSA) is 172 Å². The van der Waals surface area contributed by atoms with Gasteiger partial charge in [0.2, 0.25) is 17.7 Å². The van der Waals surface area contributed by atoms with Crippen molar-refractivity contribution < 1.29 is 43.4 Å². The van der Waals surface area contributed by atoms with Crippen LogP contribution < -0.4 is 5.73 Å². The number of unbranched alkanes of at least 4 members (excludes halogenated alkanes) is 3. The molecule has 0 aromatic heterocycles. The predicted molar refractivity (Wildman–Crippen MR) is 255 cm³/mol. The number of carbonyl (C=O) groups is 5. The summed E-state index contributed by atoms with van der Waals surface area (Å²) in [6, 6.07) is 5.54. The molecule has 14 nitrogen and oxygen atoms in total. The molecule has 3 amide bonds. The smallest absolute Gasteiger partial charge is 0.250 e. The summed E-state index contributed by atoms with van der Waals surface area (Å²) >= 11 is 0. The van der Waals surface area contributed by atoms with Gasteiger partial charge in [0.05, 0.1) is 49.3 Å². The van der Waals surface area contributed by atoms with Gasteiger partial charge in [-0.1, -0.05) is 79.9 Å². The number of benzene rings is 1. The Morgan fingerprint density at radius 1 is 0.846 bits per heavy atom. The minimum Gasteiger partial charge on any atom is -0.508 e. The number of nitrogens with zero attached hydrogens (tertiary/aromatic N) is 4. The molecule has 2 heterocycles. The first-order valence-corrected chi connectivity index (χ1v) is 24.7. The van der Waals surface area contributed by atoms with Crippen molar-refractivity contribution in [2.24, 2.45) is 41.2 Å². The third-order valence-electron chi connectivity index (χ3n) is 14.3. The Labute approximate surface area is 391 Å². The van der Waals surface area contributed by atoms with Gasteiger partial charge in [0.25, 0.3) is 0 Å². The number of hydrogen-bond acceptors (Lipinski definition) is 11. The van der Waals surface area contributed by atoms with Gasteiger partial charge in [-0.25, -0.2) is 5.06 Å². The number of amides is 3. The van der Waals surface area contributed by atoms with Crippen molar-refractivity contribution >= 4 is 29.3 Å². The summed E-state index contributed by atoms with van der Waals surface area (Å²) in [6.07, 6.45) is 7.11. The molecule has 65 heavy (non-hydrogen) atoms. The summed E-state index contributed by atoms with van der Waals surface area (Å²) in [5.74, 6) is -2.34. The van der Waals surface area contributed by atoms with Crippen LogP contribution in [0.2, 0.25) is 0 Å². The van der Waals surface area contributed by atoms with Crippen LogP contribution in [0.15, 0.2) is 24.3 Å². The Morgan fingerprint density at radius 2 is 1.52 bits per heavy atom. The molecule has 14 heteroatoms. The fraction of sp³-hybridized carbons (Fsp3) is 0.784. The highest BCUT2D eigenvalue weighted by molar-refractivity contribution is 5.90. The fourth-order valence-corrected chi connectivity index (χ4v) is 10.2. The molecule has 0 aliphatic carbocycles. The highest BCUT2D eigenvalue weighted by Crippen LogP contribution is 2.32. The van der Waals surface area contributed by atoms with Crippen molar-refractivity contribution in [2.45, 2.75) is 162 Å². The van der Waals surface area contributed by atoms with Gasteiger partial charge >= 0.3 is 0 Å². The van der Waals surface area contributed by atoms with Crippen LogP contribution in [0.5, 0.6) is 5.75 Å².